The van der Waals surface area contributed by atoms with Gasteiger partial charge in [-0.3, -0.25) is 0 Å². The maximum atomic E-state index is 14.3. The molecule has 2 bridgehead atoms. The summed E-state index contributed by atoms with van der Waals surface area (Å²) in [6.45, 7) is 7.05. The quantitative estimate of drug-likeness (QED) is 0.711. The number of hydrogen-bond acceptors (Lipinski definition) is 1. The molecule has 2 saturated heterocycles. The van der Waals surface area contributed by atoms with E-state index in [4.69, 9.17) is 0 Å². The zero-order valence-corrected chi connectivity index (χ0v) is 8.81. The molecule has 2 heteroatoms. The predicted octanol–water partition coefficient (Wildman–Crippen LogP) is 2.37. The van der Waals surface area contributed by atoms with Gasteiger partial charge >= 0.3 is 0 Å². The summed E-state index contributed by atoms with van der Waals surface area (Å²) >= 11 is 0. The topological polar surface area (TPSA) is 12.0 Å². The summed E-state index contributed by atoms with van der Waals surface area (Å²) < 4.78 is 14.3. The molecule has 3 fully saturated rings. The highest BCUT2D eigenvalue weighted by molar-refractivity contribution is 5.09. The highest BCUT2D eigenvalue weighted by Crippen LogP contribution is 2.49. The molecule has 2 aliphatic heterocycles. The first kappa shape index (κ1) is 9.45. The van der Waals surface area contributed by atoms with Crippen molar-refractivity contribution in [2.75, 3.05) is 6.54 Å². The predicted molar refractivity (Wildman–Crippen MR) is 52.4 cm³/mol. The minimum absolute atomic E-state index is 0.301. The lowest BCUT2D eigenvalue weighted by atomic mass is 9.64. The van der Waals surface area contributed by atoms with Crippen molar-refractivity contribution in [1.82, 2.24) is 5.32 Å². The lowest BCUT2D eigenvalue weighted by Crippen LogP contribution is -2.49. The van der Waals surface area contributed by atoms with Crippen LogP contribution in [-0.2, 0) is 0 Å². The molecule has 1 N–H and O–H groups in total. The summed E-state index contributed by atoms with van der Waals surface area (Å²) in [7, 11) is 0. The van der Waals surface area contributed by atoms with E-state index in [0.717, 1.165) is 6.54 Å². The number of nitrogens with one attached hydrogen (secondary N) is 1. The van der Waals surface area contributed by atoms with Crippen LogP contribution in [0.3, 0.4) is 0 Å². The van der Waals surface area contributed by atoms with Crippen molar-refractivity contribution in [3.63, 3.8) is 0 Å². The molecule has 76 valence electrons. The molecule has 4 atom stereocenters. The van der Waals surface area contributed by atoms with Crippen LogP contribution in [0.1, 0.15) is 33.6 Å². The monoisotopic (exact) mass is 185 g/mol. The van der Waals surface area contributed by atoms with Crippen molar-refractivity contribution in [2.24, 2.45) is 17.8 Å². The Kier molecular flexibility index (Phi) is 2.14. The number of halogens is 1. The maximum absolute atomic E-state index is 14.3. The molecule has 0 aromatic carbocycles. The Balaban J connectivity index is 1.99. The van der Waals surface area contributed by atoms with Gasteiger partial charge in [0.1, 0.15) is 5.67 Å². The third-order valence-electron chi connectivity index (χ3n) is 3.64. The van der Waals surface area contributed by atoms with Crippen LogP contribution in [-0.4, -0.2) is 18.3 Å². The molecule has 1 aliphatic carbocycles. The van der Waals surface area contributed by atoms with Crippen molar-refractivity contribution in [3.8, 4) is 0 Å². The van der Waals surface area contributed by atoms with Crippen molar-refractivity contribution in [1.29, 1.82) is 0 Å². The van der Waals surface area contributed by atoms with E-state index in [1.807, 2.05) is 0 Å². The second-order valence-corrected chi connectivity index (χ2v) is 5.41. The standard InChI is InChI=1S/C11H20FN/c1-7(2)5-11(3,12)10-8-4-9(10)13-6-8/h7-10,13H,4-6H2,1-3H3. The fraction of sp³-hybridized carbons (Fsp3) is 1.00. The third-order valence-corrected chi connectivity index (χ3v) is 3.64. The molecule has 0 aromatic rings. The van der Waals surface area contributed by atoms with Gasteiger partial charge in [0.15, 0.2) is 0 Å². The fourth-order valence-electron chi connectivity index (χ4n) is 3.32. The molecule has 0 amide bonds. The molecule has 0 radical (unpaired) electrons. The Bertz CT molecular complexity index is 186. The van der Waals surface area contributed by atoms with Gasteiger partial charge in [-0.1, -0.05) is 13.8 Å². The molecule has 1 nitrogen and oxygen atoms in total. The minimum atomic E-state index is -0.939. The average Bonchev–Trinajstić information content (AvgIpc) is 2.35. The number of rotatable bonds is 3. The molecule has 3 aliphatic rings. The Morgan fingerprint density at radius 3 is 2.62 bits per heavy atom. The minimum Gasteiger partial charge on any atom is -0.313 e. The molecule has 3 rings (SSSR count). The zero-order chi connectivity index (χ0) is 9.64. The molecule has 0 aromatic heterocycles. The van der Waals surface area contributed by atoms with E-state index in [-0.39, 0.29) is 0 Å². The van der Waals surface area contributed by atoms with Crippen LogP contribution in [0.15, 0.2) is 0 Å². The summed E-state index contributed by atoms with van der Waals surface area (Å²) in [6, 6.07) is 0.485. The van der Waals surface area contributed by atoms with E-state index >= 15 is 0 Å². The van der Waals surface area contributed by atoms with Crippen LogP contribution in [0.5, 0.6) is 0 Å². The van der Waals surface area contributed by atoms with E-state index in [2.05, 4.69) is 19.2 Å². The highest BCUT2D eigenvalue weighted by Gasteiger charge is 2.55. The van der Waals surface area contributed by atoms with Crippen LogP contribution in [0.2, 0.25) is 0 Å². The van der Waals surface area contributed by atoms with Gasteiger partial charge in [0, 0.05) is 12.0 Å². The Morgan fingerprint density at radius 2 is 2.23 bits per heavy atom. The van der Waals surface area contributed by atoms with Gasteiger partial charge in [0.25, 0.3) is 0 Å². The average molecular weight is 185 g/mol. The summed E-state index contributed by atoms with van der Waals surface area (Å²) in [5.74, 6) is 1.39. The number of fused-ring (bicyclic) bond motifs is 1. The molecular formula is C11H20FN. The van der Waals surface area contributed by atoms with Crippen molar-refractivity contribution < 1.29 is 4.39 Å². The van der Waals surface area contributed by atoms with Crippen LogP contribution in [0, 0.1) is 17.8 Å². The Hall–Kier alpha value is -0.110. The first-order valence-corrected chi connectivity index (χ1v) is 5.43. The second kappa shape index (κ2) is 2.94. The molecular weight excluding hydrogens is 165 g/mol. The second-order valence-electron chi connectivity index (χ2n) is 5.41. The molecule has 0 spiro atoms. The summed E-state index contributed by atoms with van der Waals surface area (Å²) in [4.78, 5) is 0. The number of alkyl halides is 1. The van der Waals surface area contributed by atoms with Gasteiger partial charge < -0.3 is 5.32 Å². The maximum Gasteiger partial charge on any atom is 0.113 e. The zero-order valence-electron chi connectivity index (χ0n) is 8.81. The lowest BCUT2D eigenvalue weighted by Gasteiger charge is -2.43. The Morgan fingerprint density at radius 1 is 1.54 bits per heavy atom. The van der Waals surface area contributed by atoms with Gasteiger partial charge in [-0.15, -0.1) is 0 Å². The largest absolute Gasteiger partial charge is 0.313 e. The highest BCUT2D eigenvalue weighted by atomic mass is 19.1. The van der Waals surface area contributed by atoms with Crippen LogP contribution < -0.4 is 5.32 Å². The lowest BCUT2D eigenvalue weighted by molar-refractivity contribution is -0.00311. The van der Waals surface area contributed by atoms with Crippen molar-refractivity contribution >= 4 is 0 Å². The van der Waals surface area contributed by atoms with Gasteiger partial charge in [-0.05, 0) is 38.1 Å². The smallest absolute Gasteiger partial charge is 0.113 e. The molecule has 2 heterocycles. The van der Waals surface area contributed by atoms with Gasteiger partial charge in [-0.2, -0.15) is 0 Å². The van der Waals surface area contributed by atoms with E-state index in [0.29, 0.717) is 30.2 Å². The number of hydrogen-bond donors (Lipinski definition) is 1. The first-order valence-electron chi connectivity index (χ1n) is 5.43. The van der Waals surface area contributed by atoms with Crippen LogP contribution >= 0.6 is 0 Å². The summed E-state index contributed by atoms with van der Waals surface area (Å²) in [5.41, 5.74) is -0.939. The van der Waals surface area contributed by atoms with Gasteiger partial charge in [-0.25, -0.2) is 4.39 Å². The van der Waals surface area contributed by atoms with Crippen LogP contribution in [0.25, 0.3) is 0 Å². The molecule has 13 heavy (non-hydrogen) atoms. The summed E-state index contributed by atoms with van der Waals surface area (Å²) in [5, 5.41) is 3.38. The van der Waals surface area contributed by atoms with Crippen LogP contribution in [0.4, 0.5) is 4.39 Å². The fourth-order valence-corrected chi connectivity index (χ4v) is 3.32. The molecule has 4 unspecified atom stereocenters. The first-order chi connectivity index (χ1) is 6.00. The van der Waals surface area contributed by atoms with Crippen molar-refractivity contribution in [2.45, 2.75) is 45.3 Å². The Labute approximate surface area is 80.1 Å². The SMILES string of the molecule is CC(C)CC(C)(F)C1C2CNC1C2. The van der Waals surface area contributed by atoms with E-state index in [1.54, 1.807) is 6.92 Å². The summed E-state index contributed by atoms with van der Waals surface area (Å²) in [6.07, 6.45) is 1.93. The molecule has 1 saturated carbocycles. The van der Waals surface area contributed by atoms with Gasteiger partial charge in [0.2, 0.25) is 0 Å². The third kappa shape index (κ3) is 1.50. The van der Waals surface area contributed by atoms with Gasteiger partial charge in [0.05, 0.1) is 0 Å². The van der Waals surface area contributed by atoms with E-state index < -0.39 is 5.67 Å². The van der Waals surface area contributed by atoms with E-state index in [9.17, 15) is 4.39 Å². The van der Waals surface area contributed by atoms with Crippen molar-refractivity contribution in [3.05, 3.63) is 0 Å². The normalized spacial score (nSPS) is 41.8. The van der Waals surface area contributed by atoms with E-state index in [1.165, 1.54) is 6.42 Å².